The Bertz CT molecular complexity index is 1540. The van der Waals surface area contributed by atoms with Gasteiger partial charge >= 0.3 is 0 Å². The lowest BCUT2D eigenvalue weighted by molar-refractivity contribution is 0.0480. The van der Waals surface area contributed by atoms with E-state index in [2.05, 4.69) is 62.9 Å². The fourth-order valence-corrected chi connectivity index (χ4v) is 7.90. The minimum atomic E-state index is 0.0494. The van der Waals surface area contributed by atoms with Crippen LogP contribution in [0.25, 0.3) is 32.6 Å². The number of nitrogen functional groups attached to an aromatic ring is 1. The van der Waals surface area contributed by atoms with Crippen LogP contribution < -0.4 is 10.5 Å². The molecular formula is C32H35N3O2S. The molecule has 2 atom stereocenters. The SMILES string of the molecule is COc1ccc(-c2cc(-c3ccc(C)cc3)c3c(N)c(C(=O)N4CCC5(C)CC4C(C)(C)C5)sc3n2)cc1. The molecule has 1 saturated heterocycles. The topological polar surface area (TPSA) is 68.5 Å². The van der Waals surface area contributed by atoms with E-state index in [1.807, 2.05) is 24.3 Å². The highest BCUT2D eigenvalue weighted by Gasteiger charge is 2.53. The number of likely N-dealkylation sites (tertiary alicyclic amines) is 1. The number of hydrogen-bond acceptors (Lipinski definition) is 5. The molecule has 2 aromatic heterocycles. The quantitative estimate of drug-likeness (QED) is 0.298. The van der Waals surface area contributed by atoms with Crippen LogP contribution in [0.5, 0.6) is 5.75 Å². The van der Waals surface area contributed by atoms with Gasteiger partial charge in [0, 0.05) is 23.5 Å². The highest BCUT2D eigenvalue weighted by Crippen LogP contribution is 2.56. The number of aromatic nitrogens is 1. The highest BCUT2D eigenvalue weighted by molar-refractivity contribution is 7.21. The van der Waals surface area contributed by atoms with Crippen molar-refractivity contribution < 1.29 is 9.53 Å². The summed E-state index contributed by atoms with van der Waals surface area (Å²) < 4.78 is 5.35. The molecule has 2 N–H and O–H groups in total. The summed E-state index contributed by atoms with van der Waals surface area (Å²) in [5.41, 5.74) is 12.9. The van der Waals surface area contributed by atoms with Crippen molar-refractivity contribution in [1.82, 2.24) is 9.88 Å². The third-order valence-electron chi connectivity index (χ3n) is 8.71. The number of rotatable bonds is 4. The van der Waals surface area contributed by atoms with Crippen LogP contribution in [0.2, 0.25) is 0 Å². The minimum absolute atomic E-state index is 0.0494. The van der Waals surface area contributed by atoms with Crippen LogP contribution in [-0.4, -0.2) is 35.5 Å². The number of nitrogens with zero attached hydrogens (tertiary/aromatic N) is 2. The Hall–Kier alpha value is -3.38. The molecule has 5 nitrogen and oxygen atoms in total. The summed E-state index contributed by atoms with van der Waals surface area (Å²) in [6.45, 7) is 9.86. The normalized spacial score (nSPS) is 22.1. The second-order valence-corrected chi connectivity index (χ2v) is 13.1. The van der Waals surface area contributed by atoms with Crippen LogP contribution in [0.4, 0.5) is 5.69 Å². The first-order chi connectivity index (χ1) is 18.1. The molecule has 6 heteroatoms. The molecular weight excluding hydrogens is 490 g/mol. The number of pyridine rings is 1. The number of thiophene rings is 1. The van der Waals surface area contributed by atoms with Crippen LogP contribution in [-0.2, 0) is 0 Å². The van der Waals surface area contributed by atoms with Crippen LogP contribution in [0.15, 0.2) is 54.6 Å². The summed E-state index contributed by atoms with van der Waals surface area (Å²) in [7, 11) is 1.66. The van der Waals surface area contributed by atoms with Gasteiger partial charge < -0.3 is 15.4 Å². The Labute approximate surface area is 228 Å². The molecule has 1 saturated carbocycles. The van der Waals surface area contributed by atoms with Crippen LogP contribution >= 0.6 is 11.3 Å². The summed E-state index contributed by atoms with van der Waals surface area (Å²) in [4.78, 5) is 22.6. The van der Waals surface area contributed by atoms with Gasteiger partial charge in [0.25, 0.3) is 5.91 Å². The summed E-state index contributed by atoms with van der Waals surface area (Å²) in [5.74, 6) is 0.850. The van der Waals surface area contributed by atoms with Gasteiger partial charge in [-0.05, 0) is 78.5 Å². The predicted molar refractivity (Wildman–Crippen MR) is 157 cm³/mol. The zero-order valence-electron chi connectivity index (χ0n) is 22.8. The average molecular weight is 526 g/mol. The lowest BCUT2D eigenvalue weighted by Crippen LogP contribution is -2.48. The van der Waals surface area contributed by atoms with E-state index in [4.69, 9.17) is 15.5 Å². The van der Waals surface area contributed by atoms with Gasteiger partial charge in [-0.15, -0.1) is 11.3 Å². The van der Waals surface area contributed by atoms with Gasteiger partial charge in [0.15, 0.2) is 0 Å². The van der Waals surface area contributed by atoms with E-state index in [0.717, 1.165) is 64.2 Å². The van der Waals surface area contributed by atoms with Gasteiger partial charge in [0.05, 0.1) is 18.5 Å². The molecule has 1 amide bonds. The minimum Gasteiger partial charge on any atom is -0.497 e. The number of carbonyl (C=O) groups excluding carboxylic acids is 1. The van der Waals surface area contributed by atoms with E-state index < -0.39 is 0 Å². The maximum absolute atomic E-state index is 14.1. The van der Waals surface area contributed by atoms with Crippen molar-refractivity contribution >= 4 is 33.1 Å². The molecule has 2 unspecified atom stereocenters. The molecule has 0 radical (unpaired) electrons. The fourth-order valence-electron chi connectivity index (χ4n) is 6.83. The van der Waals surface area contributed by atoms with E-state index in [1.54, 1.807) is 7.11 Å². The Morgan fingerprint density at radius 3 is 2.45 bits per heavy atom. The number of benzene rings is 2. The van der Waals surface area contributed by atoms with Gasteiger partial charge in [0.2, 0.25) is 0 Å². The molecule has 6 rings (SSSR count). The van der Waals surface area contributed by atoms with E-state index in [0.29, 0.717) is 16.0 Å². The largest absolute Gasteiger partial charge is 0.497 e. The zero-order chi connectivity index (χ0) is 26.8. The summed E-state index contributed by atoms with van der Waals surface area (Å²) in [5, 5.41) is 0.868. The highest BCUT2D eigenvalue weighted by atomic mass is 32.1. The number of nitrogens with two attached hydrogens (primary N) is 1. The molecule has 1 aliphatic heterocycles. The maximum atomic E-state index is 14.1. The number of amides is 1. The Morgan fingerprint density at radius 1 is 1.08 bits per heavy atom. The summed E-state index contributed by atoms with van der Waals surface area (Å²) in [6.07, 6.45) is 3.25. The molecule has 38 heavy (non-hydrogen) atoms. The molecule has 1 aliphatic carbocycles. The van der Waals surface area contributed by atoms with Crippen molar-refractivity contribution in [3.8, 4) is 28.1 Å². The molecule has 2 fully saturated rings. The van der Waals surface area contributed by atoms with Crippen molar-refractivity contribution in [3.05, 3.63) is 65.0 Å². The number of carbonyl (C=O) groups is 1. The van der Waals surface area contributed by atoms with E-state index in [1.165, 1.54) is 16.9 Å². The Balaban J connectivity index is 1.49. The third-order valence-corrected chi connectivity index (χ3v) is 9.79. The summed E-state index contributed by atoms with van der Waals surface area (Å²) in [6, 6.07) is 18.7. The van der Waals surface area contributed by atoms with Crippen molar-refractivity contribution in [3.63, 3.8) is 0 Å². The first-order valence-corrected chi connectivity index (χ1v) is 14.2. The van der Waals surface area contributed by atoms with Crippen molar-refractivity contribution in [1.29, 1.82) is 0 Å². The molecule has 2 bridgehead atoms. The molecule has 4 aromatic rings. The predicted octanol–water partition coefficient (Wildman–Crippen LogP) is 7.57. The second-order valence-electron chi connectivity index (χ2n) is 12.1. The molecule has 3 heterocycles. The monoisotopic (exact) mass is 525 g/mol. The lowest BCUT2D eigenvalue weighted by Gasteiger charge is -2.40. The number of fused-ring (bicyclic) bond motifs is 3. The average Bonchev–Trinajstić information content (AvgIpc) is 3.33. The number of ether oxygens (including phenoxy) is 1. The van der Waals surface area contributed by atoms with Crippen molar-refractivity contribution in [2.24, 2.45) is 10.8 Å². The van der Waals surface area contributed by atoms with Crippen molar-refractivity contribution in [2.75, 3.05) is 19.4 Å². The fraction of sp³-hybridized carbons (Fsp3) is 0.375. The standard InChI is InChI=1S/C32H35N3O2S/c1-19-6-8-20(9-7-19)23-16-24(21-10-12-22(37-5)13-11-21)34-29-26(23)27(33)28(38-29)30(36)35-15-14-32(4)17-25(35)31(2,3)18-32/h6-13,16,25H,14-15,17-18,33H2,1-5H3. The summed E-state index contributed by atoms with van der Waals surface area (Å²) >= 11 is 1.43. The molecule has 2 aromatic carbocycles. The van der Waals surface area contributed by atoms with Gasteiger partial charge in [-0.3, -0.25) is 4.79 Å². The van der Waals surface area contributed by atoms with E-state index in [9.17, 15) is 4.79 Å². The van der Waals surface area contributed by atoms with Crippen molar-refractivity contribution in [2.45, 2.75) is 53.0 Å². The number of aryl methyl sites for hydroxylation is 1. The van der Waals surface area contributed by atoms with Gasteiger partial charge in [0.1, 0.15) is 15.5 Å². The number of anilines is 1. The van der Waals surface area contributed by atoms with E-state index >= 15 is 0 Å². The first kappa shape index (κ1) is 24.9. The number of hydrogen-bond donors (Lipinski definition) is 1. The Morgan fingerprint density at radius 2 is 1.76 bits per heavy atom. The van der Waals surface area contributed by atoms with Crippen LogP contribution in [0.3, 0.4) is 0 Å². The second kappa shape index (κ2) is 8.84. The van der Waals surface area contributed by atoms with E-state index in [-0.39, 0.29) is 17.4 Å². The molecule has 0 spiro atoms. The lowest BCUT2D eigenvalue weighted by atomic mass is 9.81. The molecule has 196 valence electrons. The zero-order valence-corrected chi connectivity index (χ0v) is 23.6. The van der Waals surface area contributed by atoms with Gasteiger partial charge in [-0.1, -0.05) is 50.6 Å². The van der Waals surface area contributed by atoms with Crippen LogP contribution in [0, 0.1) is 17.8 Å². The third kappa shape index (κ3) is 4.06. The smallest absolute Gasteiger partial charge is 0.266 e. The maximum Gasteiger partial charge on any atom is 0.266 e. The van der Waals surface area contributed by atoms with Crippen LogP contribution in [0.1, 0.15) is 55.3 Å². The Kier molecular flexibility index (Phi) is 5.80. The molecule has 2 aliphatic rings. The first-order valence-electron chi connectivity index (χ1n) is 13.3. The number of methoxy groups -OCH3 is 1. The van der Waals surface area contributed by atoms with Gasteiger partial charge in [-0.2, -0.15) is 0 Å². The van der Waals surface area contributed by atoms with Gasteiger partial charge in [-0.25, -0.2) is 4.98 Å². The number of piperidine rings is 1.